The Hall–Kier alpha value is -1.16. The van der Waals surface area contributed by atoms with Gasteiger partial charge in [0.15, 0.2) is 17.2 Å². The van der Waals surface area contributed by atoms with Crippen LogP contribution in [0, 0.1) is 0 Å². The van der Waals surface area contributed by atoms with E-state index in [-0.39, 0.29) is 17.8 Å². The van der Waals surface area contributed by atoms with Crippen molar-refractivity contribution in [3.05, 3.63) is 11.3 Å². The molecule has 0 aliphatic heterocycles. The first-order valence-electron chi connectivity index (χ1n) is 3.56. The Morgan fingerprint density at radius 3 is 2.25 bits per heavy atom. The molecule has 0 saturated heterocycles. The highest BCUT2D eigenvalue weighted by atomic mass is 16.3. The van der Waals surface area contributed by atoms with E-state index < -0.39 is 17.1 Å². The average Bonchev–Trinajstić information content (AvgIpc) is 2.17. The molecule has 12 heavy (non-hydrogen) atoms. The van der Waals surface area contributed by atoms with E-state index in [0.29, 0.717) is 0 Å². The Kier molecular flexibility index (Phi) is 1.80. The van der Waals surface area contributed by atoms with Crippen LogP contribution < -0.4 is 0 Å². The van der Waals surface area contributed by atoms with Gasteiger partial charge in [-0.05, 0) is 13.8 Å². The molecule has 2 N–H and O–H groups in total. The van der Waals surface area contributed by atoms with Crippen LogP contribution in [0.5, 0.6) is 0 Å². The molecule has 1 atom stereocenters. The minimum Gasteiger partial charge on any atom is -0.508 e. The smallest absolute Gasteiger partial charge is 0.187 e. The van der Waals surface area contributed by atoms with Crippen molar-refractivity contribution in [2.45, 2.75) is 25.9 Å². The summed E-state index contributed by atoms with van der Waals surface area (Å²) < 4.78 is 0. The van der Waals surface area contributed by atoms with Crippen molar-refractivity contribution in [2.24, 2.45) is 0 Å². The lowest BCUT2D eigenvalue weighted by Crippen LogP contribution is -2.37. The van der Waals surface area contributed by atoms with Crippen LogP contribution in [0.15, 0.2) is 11.3 Å². The molecule has 4 nitrogen and oxygen atoms in total. The van der Waals surface area contributed by atoms with Gasteiger partial charge >= 0.3 is 0 Å². The van der Waals surface area contributed by atoms with E-state index in [1.807, 2.05) is 0 Å². The van der Waals surface area contributed by atoms with Gasteiger partial charge < -0.3 is 10.2 Å². The fourth-order valence-electron chi connectivity index (χ4n) is 1.18. The second kappa shape index (κ2) is 2.42. The minimum atomic E-state index is -1.96. The number of aliphatic hydroxyl groups is 2. The van der Waals surface area contributed by atoms with Crippen molar-refractivity contribution in [1.29, 1.82) is 0 Å². The van der Waals surface area contributed by atoms with E-state index in [1.165, 1.54) is 6.92 Å². The van der Waals surface area contributed by atoms with Crippen LogP contribution in [0.2, 0.25) is 0 Å². The third-order valence-electron chi connectivity index (χ3n) is 2.16. The molecule has 1 unspecified atom stereocenters. The average molecular weight is 170 g/mol. The van der Waals surface area contributed by atoms with Crippen molar-refractivity contribution in [1.82, 2.24) is 0 Å². The van der Waals surface area contributed by atoms with E-state index >= 15 is 0 Å². The van der Waals surface area contributed by atoms with E-state index in [4.69, 9.17) is 0 Å². The summed E-state index contributed by atoms with van der Waals surface area (Å²) in [6.45, 7) is 2.53. The fourth-order valence-corrected chi connectivity index (χ4v) is 1.18. The largest absolute Gasteiger partial charge is 0.508 e. The molecule has 0 aromatic carbocycles. The molecule has 1 rings (SSSR count). The fraction of sp³-hybridized carbons (Fsp3) is 0.500. The van der Waals surface area contributed by atoms with Crippen molar-refractivity contribution < 1.29 is 19.8 Å². The van der Waals surface area contributed by atoms with Crippen LogP contribution >= 0.6 is 0 Å². The Morgan fingerprint density at radius 2 is 2.08 bits per heavy atom. The predicted molar refractivity (Wildman–Crippen MR) is 40.6 cm³/mol. The Morgan fingerprint density at radius 1 is 1.58 bits per heavy atom. The highest BCUT2D eigenvalue weighted by Crippen LogP contribution is 2.31. The Balaban J connectivity index is 3.17. The molecule has 0 heterocycles. The van der Waals surface area contributed by atoms with E-state index in [0.717, 1.165) is 6.92 Å². The zero-order valence-corrected chi connectivity index (χ0v) is 6.92. The lowest BCUT2D eigenvalue weighted by Gasteiger charge is -2.17. The lowest BCUT2D eigenvalue weighted by molar-refractivity contribution is -0.136. The van der Waals surface area contributed by atoms with Gasteiger partial charge in [0.2, 0.25) is 0 Å². The summed E-state index contributed by atoms with van der Waals surface area (Å²) in [4.78, 5) is 21.8. The summed E-state index contributed by atoms with van der Waals surface area (Å²) in [6.07, 6.45) is -0.333. The van der Waals surface area contributed by atoms with Crippen LogP contribution in [0.3, 0.4) is 0 Å². The van der Waals surface area contributed by atoms with Gasteiger partial charge in [-0.3, -0.25) is 9.59 Å². The molecule has 0 aromatic heterocycles. The zero-order valence-electron chi connectivity index (χ0n) is 6.92. The van der Waals surface area contributed by atoms with Gasteiger partial charge in [0.05, 0.1) is 6.42 Å². The zero-order chi connectivity index (χ0) is 9.52. The molecule has 4 heteroatoms. The summed E-state index contributed by atoms with van der Waals surface area (Å²) in [5.41, 5.74) is -1.88. The minimum absolute atomic E-state index is 0.0766. The molecule has 0 fully saturated rings. The maximum atomic E-state index is 11.0. The van der Waals surface area contributed by atoms with Crippen molar-refractivity contribution in [2.75, 3.05) is 0 Å². The molecule has 1 aliphatic carbocycles. The number of rotatable bonds is 1. The van der Waals surface area contributed by atoms with Crippen molar-refractivity contribution in [3.63, 3.8) is 0 Å². The summed E-state index contributed by atoms with van der Waals surface area (Å²) in [5.74, 6) is -1.49. The van der Waals surface area contributed by atoms with Gasteiger partial charge in [0.1, 0.15) is 5.76 Å². The first kappa shape index (κ1) is 8.93. The maximum Gasteiger partial charge on any atom is 0.187 e. The van der Waals surface area contributed by atoms with Gasteiger partial charge in [-0.25, -0.2) is 0 Å². The standard InChI is InChI=1S/C8H10O4/c1-4-6(10)3-8(12,5(2)9)7(4)11/h11-12H,3H2,1-2H3. The second-order valence-corrected chi connectivity index (χ2v) is 2.99. The molecule has 0 saturated carbocycles. The van der Waals surface area contributed by atoms with Gasteiger partial charge in [-0.2, -0.15) is 0 Å². The quantitative estimate of drug-likeness (QED) is 0.585. The molecule has 0 aromatic rings. The first-order chi connectivity index (χ1) is 5.39. The van der Waals surface area contributed by atoms with Crippen LogP contribution in [0.25, 0.3) is 0 Å². The number of Topliss-reactive ketones (excluding diaryl/α,β-unsaturated/α-hetero) is 2. The molecule has 0 bridgehead atoms. The molecule has 0 radical (unpaired) electrons. The summed E-state index contributed by atoms with van der Waals surface area (Å²) in [5, 5.41) is 18.7. The predicted octanol–water partition coefficient (Wildman–Crippen LogP) is 0.111. The van der Waals surface area contributed by atoms with Crippen molar-refractivity contribution in [3.8, 4) is 0 Å². The number of carbonyl (C=O) groups is 2. The third-order valence-corrected chi connectivity index (χ3v) is 2.16. The monoisotopic (exact) mass is 170 g/mol. The van der Waals surface area contributed by atoms with E-state index in [2.05, 4.69) is 0 Å². The van der Waals surface area contributed by atoms with E-state index in [9.17, 15) is 19.8 Å². The van der Waals surface area contributed by atoms with Gasteiger partial charge in [-0.15, -0.1) is 0 Å². The van der Waals surface area contributed by atoms with Crippen LogP contribution in [-0.4, -0.2) is 27.4 Å². The van der Waals surface area contributed by atoms with Crippen LogP contribution in [0.1, 0.15) is 20.3 Å². The summed E-state index contributed by atoms with van der Waals surface area (Å²) in [6, 6.07) is 0. The Bertz CT molecular complexity index is 289. The number of carbonyl (C=O) groups excluding carboxylic acids is 2. The van der Waals surface area contributed by atoms with Gasteiger partial charge in [0.25, 0.3) is 0 Å². The van der Waals surface area contributed by atoms with Gasteiger partial charge in [0, 0.05) is 5.57 Å². The SMILES string of the molecule is CC(=O)C1(O)CC(=O)C(C)=C1O. The molecule has 1 aliphatic rings. The van der Waals surface area contributed by atoms with Gasteiger partial charge in [-0.1, -0.05) is 0 Å². The molecular weight excluding hydrogens is 160 g/mol. The molecule has 66 valence electrons. The normalized spacial score (nSPS) is 29.8. The molecular formula is C8H10O4. The maximum absolute atomic E-state index is 11.0. The molecule has 0 amide bonds. The molecule has 0 spiro atoms. The second-order valence-electron chi connectivity index (χ2n) is 2.99. The van der Waals surface area contributed by atoms with Crippen LogP contribution in [-0.2, 0) is 9.59 Å². The summed E-state index contributed by atoms with van der Waals surface area (Å²) >= 11 is 0. The third kappa shape index (κ3) is 0.956. The number of allylic oxidation sites excluding steroid dienone is 1. The topological polar surface area (TPSA) is 74.6 Å². The number of hydrogen-bond donors (Lipinski definition) is 2. The highest BCUT2D eigenvalue weighted by molar-refractivity contribution is 6.06. The van der Waals surface area contributed by atoms with Crippen molar-refractivity contribution >= 4 is 11.6 Å². The van der Waals surface area contributed by atoms with Crippen LogP contribution in [0.4, 0.5) is 0 Å². The highest BCUT2D eigenvalue weighted by Gasteiger charge is 2.46. The Labute approximate surface area is 69.5 Å². The summed E-state index contributed by atoms with van der Waals surface area (Å²) in [7, 11) is 0. The van der Waals surface area contributed by atoms with E-state index in [1.54, 1.807) is 0 Å². The number of aliphatic hydroxyl groups excluding tert-OH is 1. The first-order valence-corrected chi connectivity index (χ1v) is 3.56. The number of ketones is 2. The lowest BCUT2D eigenvalue weighted by atomic mass is 9.97. The number of hydrogen-bond acceptors (Lipinski definition) is 4.